The Hall–Kier alpha value is -1.35. The Balaban J connectivity index is 2.83. The summed E-state index contributed by atoms with van der Waals surface area (Å²) in [6, 6.07) is 4.29. The molecule has 1 N–H and O–H groups in total. The van der Waals surface area contributed by atoms with Gasteiger partial charge in [0.15, 0.2) is 0 Å². The fraction of sp³-hybridized carbons (Fsp3) is 0.588. The van der Waals surface area contributed by atoms with E-state index in [4.69, 9.17) is 4.98 Å². The molecule has 0 unspecified atom stereocenters. The Morgan fingerprint density at radius 2 is 2.00 bits per heavy atom. The van der Waals surface area contributed by atoms with Crippen LogP contribution in [-0.2, 0) is 6.54 Å². The van der Waals surface area contributed by atoms with Crippen molar-refractivity contribution in [3.63, 3.8) is 0 Å². The molecule has 0 radical (unpaired) electrons. The van der Waals surface area contributed by atoms with Gasteiger partial charge in [-0.15, -0.1) is 0 Å². The van der Waals surface area contributed by atoms with E-state index in [1.165, 1.54) is 5.56 Å². The highest BCUT2D eigenvalue weighted by Crippen LogP contribution is 2.16. The summed E-state index contributed by atoms with van der Waals surface area (Å²) in [6.07, 6.45) is 0. The minimum Gasteiger partial charge on any atom is -0.353 e. The van der Waals surface area contributed by atoms with Gasteiger partial charge in [-0.2, -0.15) is 0 Å². The summed E-state index contributed by atoms with van der Waals surface area (Å²) in [5.74, 6) is 1.03. The molecular weight excluding hydrogens is 246 g/mol. The fourth-order valence-electron chi connectivity index (χ4n) is 1.98. The summed E-state index contributed by atoms with van der Waals surface area (Å²) in [4.78, 5) is 6.99. The number of aryl methyl sites for hydroxylation is 1. The second kappa shape index (κ2) is 6.89. The number of rotatable bonds is 6. The van der Waals surface area contributed by atoms with E-state index in [0.29, 0.717) is 0 Å². The third kappa shape index (κ3) is 5.33. The lowest BCUT2D eigenvalue weighted by Crippen LogP contribution is -2.35. The molecule has 0 amide bonds. The summed E-state index contributed by atoms with van der Waals surface area (Å²) < 4.78 is 0. The maximum atomic E-state index is 4.74. The third-order valence-electron chi connectivity index (χ3n) is 3.16. The van der Waals surface area contributed by atoms with Gasteiger partial charge >= 0.3 is 0 Å². The van der Waals surface area contributed by atoms with Gasteiger partial charge in [0, 0.05) is 30.9 Å². The van der Waals surface area contributed by atoms with Crippen molar-refractivity contribution in [2.75, 3.05) is 18.0 Å². The highest BCUT2D eigenvalue weighted by Gasteiger charge is 2.11. The van der Waals surface area contributed by atoms with Crippen LogP contribution >= 0.6 is 0 Å². The summed E-state index contributed by atoms with van der Waals surface area (Å²) >= 11 is 0. The predicted octanol–water partition coefficient (Wildman–Crippen LogP) is 3.68. The van der Waals surface area contributed by atoms with Crippen molar-refractivity contribution < 1.29 is 0 Å². The van der Waals surface area contributed by atoms with Gasteiger partial charge in [0.05, 0.1) is 0 Å². The van der Waals surface area contributed by atoms with Crippen LogP contribution in [0.25, 0.3) is 0 Å². The third-order valence-corrected chi connectivity index (χ3v) is 3.16. The van der Waals surface area contributed by atoms with E-state index in [-0.39, 0.29) is 5.54 Å². The SMILES string of the molecule is C=C(C)CN(CC)c1ccc(CNC(C)(C)C)c(C)n1. The topological polar surface area (TPSA) is 28.2 Å². The van der Waals surface area contributed by atoms with Crippen LogP contribution in [0.4, 0.5) is 5.82 Å². The van der Waals surface area contributed by atoms with Crippen molar-refractivity contribution >= 4 is 5.82 Å². The van der Waals surface area contributed by atoms with E-state index >= 15 is 0 Å². The summed E-state index contributed by atoms with van der Waals surface area (Å²) in [5.41, 5.74) is 3.64. The normalized spacial score (nSPS) is 11.5. The van der Waals surface area contributed by atoms with Crippen molar-refractivity contribution in [1.29, 1.82) is 0 Å². The van der Waals surface area contributed by atoms with Gasteiger partial charge in [-0.25, -0.2) is 4.98 Å². The van der Waals surface area contributed by atoms with Crippen molar-refractivity contribution in [3.8, 4) is 0 Å². The molecule has 0 atom stereocenters. The van der Waals surface area contributed by atoms with Crippen LogP contribution in [0.5, 0.6) is 0 Å². The first-order valence-electron chi connectivity index (χ1n) is 7.34. The highest BCUT2D eigenvalue weighted by molar-refractivity contribution is 5.42. The average Bonchev–Trinajstić information content (AvgIpc) is 2.33. The van der Waals surface area contributed by atoms with Gasteiger partial charge in [0.25, 0.3) is 0 Å². The molecule has 1 aromatic rings. The van der Waals surface area contributed by atoms with Gasteiger partial charge in [0.2, 0.25) is 0 Å². The number of hydrogen-bond acceptors (Lipinski definition) is 3. The Morgan fingerprint density at radius 3 is 2.45 bits per heavy atom. The van der Waals surface area contributed by atoms with Crippen LogP contribution in [0.2, 0.25) is 0 Å². The standard InChI is InChI=1S/C17H29N3/c1-8-20(12-13(2)3)16-10-9-15(14(4)19-16)11-18-17(5,6)7/h9-10,18H,2,8,11-12H2,1,3-7H3. The predicted molar refractivity (Wildman–Crippen MR) is 88.3 cm³/mol. The molecule has 0 aromatic carbocycles. The number of hydrogen-bond donors (Lipinski definition) is 1. The van der Waals surface area contributed by atoms with Gasteiger partial charge < -0.3 is 10.2 Å². The van der Waals surface area contributed by atoms with E-state index < -0.39 is 0 Å². The first-order chi connectivity index (χ1) is 9.23. The smallest absolute Gasteiger partial charge is 0.129 e. The monoisotopic (exact) mass is 275 g/mol. The second-order valence-corrected chi connectivity index (χ2v) is 6.49. The van der Waals surface area contributed by atoms with Gasteiger partial charge in [0.1, 0.15) is 5.82 Å². The molecule has 3 nitrogen and oxygen atoms in total. The lowest BCUT2D eigenvalue weighted by atomic mass is 10.1. The van der Waals surface area contributed by atoms with E-state index in [9.17, 15) is 0 Å². The zero-order valence-electron chi connectivity index (χ0n) is 13.9. The zero-order valence-corrected chi connectivity index (χ0v) is 13.9. The molecule has 0 saturated heterocycles. The van der Waals surface area contributed by atoms with Gasteiger partial charge in [-0.05, 0) is 53.2 Å². The minimum absolute atomic E-state index is 0.126. The van der Waals surface area contributed by atoms with E-state index in [0.717, 1.165) is 36.7 Å². The summed E-state index contributed by atoms with van der Waals surface area (Å²) in [5, 5.41) is 3.51. The van der Waals surface area contributed by atoms with Crippen LogP contribution < -0.4 is 10.2 Å². The molecule has 0 spiro atoms. The van der Waals surface area contributed by atoms with Crippen LogP contribution in [0.1, 0.15) is 45.9 Å². The number of anilines is 1. The maximum Gasteiger partial charge on any atom is 0.129 e. The minimum atomic E-state index is 0.126. The Bertz CT molecular complexity index is 458. The van der Waals surface area contributed by atoms with Crippen molar-refractivity contribution in [3.05, 3.63) is 35.5 Å². The molecule has 3 heteroatoms. The maximum absolute atomic E-state index is 4.74. The lowest BCUT2D eigenvalue weighted by Gasteiger charge is -2.24. The van der Waals surface area contributed by atoms with Crippen LogP contribution in [-0.4, -0.2) is 23.6 Å². The molecule has 0 bridgehead atoms. The van der Waals surface area contributed by atoms with E-state index in [1.807, 2.05) is 0 Å². The Morgan fingerprint density at radius 1 is 1.35 bits per heavy atom. The van der Waals surface area contributed by atoms with Crippen LogP contribution in [0.3, 0.4) is 0 Å². The number of pyridine rings is 1. The van der Waals surface area contributed by atoms with E-state index in [2.05, 4.69) is 70.5 Å². The van der Waals surface area contributed by atoms with Crippen LogP contribution in [0, 0.1) is 6.92 Å². The van der Waals surface area contributed by atoms with Crippen molar-refractivity contribution in [2.24, 2.45) is 0 Å². The molecule has 0 aliphatic carbocycles. The molecule has 20 heavy (non-hydrogen) atoms. The number of nitrogens with zero attached hydrogens (tertiary/aromatic N) is 2. The molecule has 0 saturated carbocycles. The molecule has 0 aliphatic rings. The summed E-state index contributed by atoms with van der Waals surface area (Å²) in [6.45, 7) is 19.5. The number of aromatic nitrogens is 1. The summed E-state index contributed by atoms with van der Waals surface area (Å²) in [7, 11) is 0. The number of likely N-dealkylation sites (N-methyl/N-ethyl adjacent to an activating group) is 1. The molecule has 0 aliphatic heterocycles. The molecule has 112 valence electrons. The fourth-order valence-corrected chi connectivity index (χ4v) is 1.98. The van der Waals surface area contributed by atoms with E-state index in [1.54, 1.807) is 0 Å². The Labute approximate surface area is 124 Å². The molecule has 0 fully saturated rings. The highest BCUT2D eigenvalue weighted by atomic mass is 15.2. The quantitative estimate of drug-likeness (QED) is 0.803. The van der Waals surface area contributed by atoms with Gasteiger partial charge in [-0.1, -0.05) is 18.2 Å². The lowest BCUT2D eigenvalue weighted by molar-refractivity contribution is 0.423. The molecule has 1 aromatic heterocycles. The number of nitrogens with one attached hydrogen (secondary N) is 1. The van der Waals surface area contributed by atoms with Crippen molar-refractivity contribution in [1.82, 2.24) is 10.3 Å². The molecular formula is C17H29N3. The first kappa shape index (κ1) is 16.7. The second-order valence-electron chi connectivity index (χ2n) is 6.49. The molecule has 1 heterocycles. The van der Waals surface area contributed by atoms with Crippen molar-refractivity contribution in [2.45, 2.75) is 53.6 Å². The van der Waals surface area contributed by atoms with Crippen LogP contribution in [0.15, 0.2) is 24.3 Å². The average molecular weight is 275 g/mol. The Kier molecular flexibility index (Phi) is 5.75. The first-order valence-corrected chi connectivity index (χ1v) is 7.34. The van der Waals surface area contributed by atoms with Gasteiger partial charge in [-0.3, -0.25) is 0 Å². The zero-order chi connectivity index (χ0) is 15.3. The molecule has 1 rings (SSSR count). The largest absolute Gasteiger partial charge is 0.353 e.